The molecule has 1 aliphatic rings. The van der Waals surface area contributed by atoms with Gasteiger partial charge in [0.15, 0.2) is 18.1 Å². The first-order valence-corrected chi connectivity index (χ1v) is 9.17. The van der Waals surface area contributed by atoms with Crippen LogP contribution in [0.25, 0.3) is 0 Å². The van der Waals surface area contributed by atoms with Crippen LogP contribution in [0.15, 0.2) is 12.1 Å². The number of benzene rings is 1. The van der Waals surface area contributed by atoms with E-state index >= 15 is 0 Å². The standard InChI is InChI=1S/C20H29NO6/c1-12-7-6-8-15(13(12)2)21-19(22)11-27-20(23)14-9-17(25-4)18(26-5)10-16(14)24-3/h9-10,12-13,15H,6-8,11H2,1-5H3,(H,21,22). The van der Waals surface area contributed by atoms with Gasteiger partial charge in [0, 0.05) is 18.2 Å². The summed E-state index contributed by atoms with van der Waals surface area (Å²) in [5, 5.41) is 2.98. The molecule has 1 saturated carbocycles. The minimum atomic E-state index is -0.659. The van der Waals surface area contributed by atoms with E-state index in [9.17, 15) is 9.59 Å². The van der Waals surface area contributed by atoms with Gasteiger partial charge in [-0.05, 0) is 18.3 Å². The maximum Gasteiger partial charge on any atom is 0.342 e. The molecule has 3 unspecified atom stereocenters. The molecule has 0 bridgehead atoms. The predicted molar refractivity (Wildman–Crippen MR) is 100 cm³/mol. The topological polar surface area (TPSA) is 83.1 Å². The molecule has 0 radical (unpaired) electrons. The summed E-state index contributed by atoms with van der Waals surface area (Å²) < 4.78 is 20.8. The number of ether oxygens (including phenoxy) is 4. The molecule has 0 saturated heterocycles. The zero-order chi connectivity index (χ0) is 20.0. The third-order valence-electron chi connectivity index (χ3n) is 5.31. The number of nitrogens with one attached hydrogen (secondary N) is 1. The number of amides is 1. The molecular weight excluding hydrogens is 350 g/mol. The molecule has 1 aromatic rings. The third-order valence-corrected chi connectivity index (χ3v) is 5.31. The van der Waals surface area contributed by atoms with Crippen LogP contribution in [-0.2, 0) is 9.53 Å². The highest BCUT2D eigenvalue weighted by Crippen LogP contribution is 2.35. The normalized spacial score (nSPS) is 21.9. The first kappa shape index (κ1) is 20.9. The van der Waals surface area contributed by atoms with Crippen molar-refractivity contribution in [2.75, 3.05) is 27.9 Å². The van der Waals surface area contributed by atoms with Crippen molar-refractivity contribution < 1.29 is 28.5 Å². The van der Waals surface area contributed by atoms with Gasteiger partial charge in [0.25, 0.3) is 5.91 Å². The Morgan fingerprint density at radius 2 is 1.63 bits per heavy atom. The van der Waals surface area contributed by atoms with Gasteiger partial charge in [-0.3, -0.25) is 4.79 Å². The highest BCUT2D eigenvalue weighted by molar-refractivity contribution is 5.95. The molecule has 150 valence electrons. The van der Waals surface area contributed by atoms with Crippen molar-refractivity contribution in [1.29, 1.82) is 0 Å². The molecule has 1 amide bonds. The largest absolute Gasteiger partial charge is 0.496 e. The monoisotopic (exact) mass is 379 g/mol. The number of methoxy groups -OCH3 is 3. The second-order valence-corrected chi connectivity index (χ2v) is 6.92. The van der Waals surface area contributed by atoms with Crippen LogP contribution in [0.1, 0.15) is 43.5 Å². The Hall–Kier alpha value is -2.44. The molecule has 3 atom stereocenters. The quantitative estimate of drug-likeness (QED) is 0.734. The summed E-state index contributed by atoms with van der Waals surface area (Å²) in [5.41, 5.74) is 0.169. The number of esters is 1. The number of hydrogen-bond donors (Lipinski definition) is 1. The SMILES string of the molecule is COc1cc(OC)c(C(=O)OCC(=O)NC2CCCC(C)C2C)cc1OC. The average molecular weight is 379 g/mol. The van der Waals surface area contributed by atoms with E-state index in [4.69, 9.17) is 18.9 Å². The summed E-state index contributed by atoms with van der Waals surface area (Å²) in [7, 11) is 4.41. The van der Waals surface area contributed by atoms with Gasteiger partial charge in [-0.15, -0.1) is 0 Å². The van der Waals surface area contributed by atoms with Crippen LogP contribution in [0.5, 0.6) is 17.2 Å². The Balaban J connectivity index is 1.99. The van der Waals surface area contributed by atoms with Crippen molar-refractivity contribution in [2.45, 2.75) is 39.2 Å². The van der Waals surface area contributed by atoms with Crippen LogP contribution in [-0.4, -0.2) is 45.9 Å². The van der Waals surface area contributed by atoms with E-state index in [0.717, 1.165) is 12.8 Å². The molecule has 2 rings (SSSR count). The Kier molecular flexibility index (Phi) is 7.33. The smallest absolute Gasteiger partial charge is 0.342 e. The third kappa shape index (κ3) is 5.05. The molecule has 27 heavy (non-hydrogen) atoms. The van der Waals surface area contributed by atoms with Crippen LogP contribution < -0.4 is 19.5 Å². The van der Waals surface area contributed by atoms with E-state index in [0.29, 0.717) is 23.3 Å². The molecule has 1 aliphatic carbocycles. The van der Waals surface area contributed by atoms with Gasteiger partial charge in [0.2, 0.25) is 0 Å². The molecule has 0 aromatic heterocycles. The highest BCUT2D eigenvalue weighted by Gasteiger charge is 2.28. The molecule has 7 nitrogen and oxygen atoms in total. The molecule has 0 heterocycles. The van der Waals surface area contributed by atoms with Gasteiger partial charge in [-0.2, -0.15) is 0 Å². The maximum atomic E-state index is 12.4. The summed E-state index contributed by atoms with van der Waals surface area (Å²) in [4.78, 5) is 24.6. The summed E-state index contributed by atoms with van der Waals surface area (Å²) in [6.45, 7) is 4.01. The minimum Gasteiger partial charge on any atom is -0.496 e. The molecule has 7 heteroatoms. The van der Waals surface area contributed by atoms with Crippen LogP contribution in [0.4, 0.5) is 0 Å². The van der Waals surface area contributed by atoms with E-state index in [-0.39, 0.29) is 29.9 Å². The lowest BCUT2D eigenvalue weighted by Crippen LogP contribution is -2.45. The van der Waals surface area contributed by atoms with Crippen molar-refractivity contribution in [3.63, 3.8) is 0 Å². The van der Waals surface area contributed by atoms with Gasteiger partial charge in [-0.1, -0.05) is 26.7 Å². The molecule has 0 spiro atoms. The molecular formula is C20H29NO6. The zero-order valence-corrected chi connectivity index (χ0v) is 16.7. The number of hydrogen-bond acceptors (Lipinski definition) is 6. The highest BCUT2D eigenvalue weighted by atomic mass is 16.5. The fourth-order valence-corrected chi connectivity index (χ4v) is 3.43. The van der Waals surface area contributed by atoms with E-state index in [2.05, 4.69) is 19.2 Å². The van der Waals surface area contributed by atoms with E-state index in [1.54, 1.807) is 6.07 Å². The summed E-state index contributed by atoms with van der Waals surface area (Å²) in [6.07, 6.45) is 3.23. The Labute approximate surface area is 160 Å². The van der Waals surface area contributed by atoms with E-state index in [1.165, 1.54) is 33.8 Å². The maximum absolute atomic E-state index is 12.4. The second kappa shape index (κ2) is 9.48. The second-order valence-electron chi connectivity index (χ2n) is 6.92. The number of carbonyl (C=O) groups is 2. The van der Waals surface area contributed by atoms with Crippen molar-refractivity contribution in [1.82, 2.24) is 5.32 Å². The lowest BCUT2D eigenvalue weighted by Gasteiger charge is -2.34. The first-order chi connectivity index (χ1) is 12.9. The van der Waals surface area contributed by atoms with Crippen LogP contribution in [0, 0.1) is 11.8 Å². The van der Waals surface area contributed by atoms with Crippen LogP contribution in [0.3, 0.4) is 0 Å². The molecule has 0 aliphatic heterocycles. The van der Waals surface area contributed by atoms with Crippen molar-refractivity contribution >= 4 is 11.9 Å². The Bertz CT molecular complexity index is 675. The van der Waals surface area contributed by atoms with Gasteiger partial charge < -0.3 is 24.3 Å². The molecule has 1 aromatic carbocycles. The minimum absolute atomic E-state index is 0.121. The van der Waals surface area contributed by atoms with Crippen molar-refractivity contribution in [2.24, 2.45) is 11.8 Å². The van der Waals surface area contributed by atoms with Crippen molar-refractivity contribution in [3.05, 3.63) is 17.7 Å². The van der Waals surface area contributed by atoms with Gasteiger partial charge >= 0.3 is 5.97 Å². The first-order valence-electron chi connectivity index (χ1n) is 9.17. The van der Waals surface area contributed by atoms with Gasteiger partial charge in [0.05, 0.1) is 21.3 Å². The number of carbonyl (C=O) groups excluding carboxylic acids is 2. The fourth-order valence-electron chi connectivity index (χ4n) is 3.43. The predicted octanol–water partition coefficient (Wildman–Crippen LogP) is 2.81. The van der Waals surface area contributed by atoms with Crippen molar-refractivity contribution in [3.8, 4) is 17.2 Å². The average Bonchev–Trinajstić information content (AvgIpc) is 2.68. The molecule has 1 fully saturated rings. The lowest BCUT2D eigenvalue weighted by molar-refractivity contribution is -0.125. The van der Waals surface area contributed by atoms with Gasteiger partial charge in [0.1, 0.15) is 11.3 Å². The fraction of sp³-hybridized carbons (Fsp3) is 0.600. The van der Waals surface area contributed by atoms with Gasteiger partial charge in [-0.25, -0.2) is 4.79 Å². The number of rotatable bonds is 7. The Morgan fingerprint density at radius 1 is 1.00 bits per heavy atom. The van der Waals surface area contributed by atoms with Crippen LogP contribution >= 0.6 is 0 Å². The lowest BCUT2D eigenvalue weighted by atomic mass is 9.78. The summed E-state index contributed by atoms with van der Waals surface area (Å²) in [6, 6.07) is 3.14. The Morgan fingerprint density at radius 3 is 2.26 bits per heavy atom. The van der Waals surface area contributed by atoms with E-state index < -0.39 is 5.97 Å². The van der Waals surface area contributed by atoms with Crippen LogP contribution in [0.2, 0.25) is 0 Å². The summed E-state index contributed by atoms with van der Waals surface area (Å²) >= 11 is 0. The zero-order valence-electron chi connectivity index (χ0n) is 16.7. The molecule has 1 N–H and O–H groups in total. The summed E-state index contributed by atoms with van der Waals surface area (Å²) in [5.74, 6) is 1.12. The van der Waals surface area contributed by atoms with E-state index in [1.807, 2.05) is 0 Å².